The summed E-state index contributed by atoms with van der Waals surface area (Å²) >= 11 is 6.41. The second-order valence-corrected chi connectivity index (χ2v) is 5.58. The lowest BCUT2D eigenvalue weighted by molar-refractivity contribution is 0.849. The molecule has 0 atom stereocenters. The first kappa shape index (κ1) is 15.3. The Morgan fingerprint density at radius 3 is 2.83 bits per heavy atom. The summed E-state index contributed by atoms with van der Waals surface area (Å²) in [5.41, 5.74) is 3.57. The summed E-state index contributed by atoms with van der Waals surface area (Å²) in [6.45, 7) is 4.33. The van der Waals surface area contributed by atoms with E-state index in [0.717, 1.165) is 22.2 Å². The molecule has 0 aliphatic heterocycles. The molecule has 23 heavy (non-hydrogen) atoms. The van der Waals surface area contributed by atoms with Gasteiger partial charge in [-0.05, 0) is 24.4 Å². The fraction of sp³-hybridized carbons (Fsp3) is 0.125. The van der Waals surface area contributed by atoms with Crippen LogP contribution in [0, 0.1) is 0 Å². The van der Waals surface area contributed by atoms with Gasteiger partial charge in [0.25, 0.3) is 0 Å². The molecule has 2 aromatic heterocycles. The summed E-state index contributed by atoms with van der Waals surface area (Å²) in [6.07, 6.45) is 4.94. The quantitative estimate of drug-likeness (QED) is 0.495. The molecule has 0 fully saturated rings. The van der Waals surface area contributed by atoms with E-state index in [-0.39, 0.29) is 0 Å². The van der Waals surface area contributed by atoms with Crippen LogP contribution in [0.25, 0.3) is 22.2 Å². The fourth-order valence-corrected chi connectivity index (χ4v) is 2.60. The van der Waals surface area contributed by atoms with Crippen LogP contribution in [-0.4, -0.2) is 22.0 Å². The Morgan fingerprint density at radius 2 is 2.17 bits per heavy atom. The lowest BCUT2D eigenvalue weighted by Crippen LogP contribution is -2.26. The number of nitrogens with two attached hydrogens (primary N) is 1. The third-order valence-corrected chi connectivity index (χ3v) is 3.79. The highest BCUT2D eigenvalue weighted by Crippen LogP contribution is 2.31. The van der Waals surface area contributed by atoms with Crippen molar-refractivity contribution in [2.75, 3.05) is 12.1 Å². The van der Waals surface area contributed by atoms with Crippen molar-refractivity contribution < 1.29 is 0 Å². The molecule has 7 heteroatoms. The minimum Gasteiger partial charge on any atom is -0.386 e. The first-order valence-electron chi connectivity index (χ1n) is 7.05. The predicted molar refractivity (Wildman–Crippen MR) is 94.0 cm³/mol. The van der Waals surface area contributed by atoms with Crippen LogP contribution in [0.2, 0.25) is 5.02 Å². The van der Waals surface area contributed by atoms with Crippen LogP contribution in [0.4, 0.5) is 5.82 Å². The van der Waals surface area contributed by atoms with E-state index in [4.69, 9.17) is 17.4 Å². The molecule has 1 aromatic carbocycles. The van der Waals surface area contributed by atoms with Crippen LogP contribution in [-0.2, 0) is 6.54 Å². The van der Waals surface area contributed by atoms with Gasteiger partial charge >= 0.3 is 0 Å². The number of hydrazine groups is 1. The maximum absolute atomic E-state index is 6.41. The zero-order chi connectivity index (χ0) is 16.4. The van der Waals surface area contributed by atoms with E-state index in [2.05, 4.69) is 32.9 Å². The zero-order valence-corrected chi connectivity index (χ0v) is 13.4. The molecule has 0 radical (unpaired) electrons. The molecule has 3 aromatic rings. The molecule has 118 valence electrons. The second-order valence-electron chi connectivity index (χ2n) is 5.17. The minimum atomic E-state index is 0.587. The van der Waals surface area contributed by atoms with Crippen LogP contribution in [0.15, 0.2) is 43.4 Å². The average Bonchev–Trinajstić information content (AvgIpc) is 2.93. The van der Waals surface area contributed by atoms with Gasteiger partial charge in [-0.3, -0.25) is 9.99 Å². The van der Waals surface area contributed by atoms with E-state index < -0.39 is 0 Å². The normalized spacial score (nSPS) is 10.7. The highest BCUT2D eigenvalue weighted by atomic mass is 35.5. The molecule has 0 saturated carbocycles. The highest BCUT2D eigenvalue weighted by Gasteiger charge is 2.10. The van der Waals surface area contributed by atoms with E-state index in [9.17, 15) is 0 Å². The predicted octanol–water partition coefficient (Wildman–Crippen LogP) is 2.82. The van der Waals surface area contributed by atoms with Crippen LogP contribution in [0.3, 0.4) is 0 Å². The number of hydrogen-bond donors (Lipinski definition) is 3. The summed E-state index contributed by atoms with van der Waals surface area (Å²) < 4.78 is 0. The standard InChI is InChI=1S/C16H17ClN6/c1-3-19-7-11-4-10-5-13(17)12(6-14(10)22-11)15-8-21-16(9-20-15)23(2)18/h3-6,8-9,19,22H,1,7,18H2,2H3. The summed E-state index contributed by atoms with van der Waals surface area (Å²) in [5.74, 6) is 6.22. The van der Waals surface area contributed by atoms with Crippen LogP contribution in [0.1, 0.15) is 5.69 Å². The first-order valence-corrected chi connectivity index (χ1v) is 7.42. The first-order chi connectivity index (χ1) is 11.1. The molecule has 3 rings (SSSR count). The lowest BCUT2D eigenvalue weighted by atomic mass is 10.1. The molecule has 0 bridgehead atoms. The lowest BCUT2D eigenvalue weighted by Gasteiger charge is -2.10. The van der Waals surface area contributed by atoms with Gasteiger partial charge in [0.1, 0.15) is 0 Å². The van der Waals surface area contributed by atoms with Crippen molar-refractivity contribution >= 4 is 28.3 Å². The highest BCUT2D eigenvalue weighted by molar-refractivity contribution is 6.34. The van der Waals surface area contributed by atoms with Crippen molar-refractivity contribution in [1.29, 1.82) is 0 Å². The summed E-state index contributed by atoms with van der Waals surface area (Å²) in [5, 5.41) is 6.15. The third-order valence-electron chi connectivity index (χ3n) is 3.48. The van der Waals surface area contributed by atoms with E-state index in [1.807, 2.05) is 12.1 Å². The number of halogens is 1. The Morgan fingerprint density at radius 1 is 1.35 bits per heavy atom. The number of hydrogen-bond acceptors (Lipinski definition) is 5. The molecule has 0 saturated heterocycles. The number of aromatic nitrogens is 3. The molecular formula is C16H17ClN6. The Labute approximate surface area is 139 Å². The summed E-state index contributed by atoms with van der Waals surface area (Å²) in [7, 11) is 1.71. The Hall–Kier alpha value is -2.57. The topological polar surface area (TPSA) is 82.9 Å². The van der Waals surface area contributed by atoms with Gasteiger partial charge < -0.3 is 10.3 Å². The number of H-pyrrole nitrogens is 1. The van der Waals surface area contributed by atoms with Crippen molar-refractivity contribution in [1.82, 2.24) is 20.3 Å². The molecule has 0 aliphatic rings. The van der Waals surface area contributed by atoms with E-state index in [0.29, 0.717) is 23.1 Å². The van der Waals surface area contributed by atoms with Crippen molar-refractivity contribution in [3.8, 4) is 11.3 Å². The van der Waals surface area contributed by atoms with Crippen molar-refractivity contribution in [3.05, 3.63) is 54.1 Å². The number of nitrogens with one attached hydrogen (secondary N) is 2. The minimum absolute atomic E-state index is 0.587. The van der Waals surface area contributed by atoms with E-state index in [1.165, 1.54) is 5.01 Å². The van der Waals surface area contributed by atoms with Gasteiger partial charge in [0, 0.05) is 29.2 Å². The maximum Gasteiger partial charge on any atom is 0.160 e. The molecule has 0 unspecified atom stereocenters. The molecular weight excluding hydrogens is 312 g/mol. The van der Waals surface area contributed by atoms with Gasteiger partial charge in [0.05, 0.1) is 29.7 Å². The summed E-state index contributed by atoms with van der Waals surface area (Å²) in [6, 6.07) is 5.95. The van der Waals surface area contributed by atoms with E-state index >= 15 is 0 Å². The van der Waals surface area contributed by atoms with Crippen molar-refractivity contribution in [3.63, 3.8) is 0 Å². The number of aromatic amines is 1. The van der Waals surface area contributed by atoms with Gasteiger partial charge in [-0.2, -0.15) is 0 Å². The van der Waals surface area contributed by atoms with Gasteiger partial charge in [-0.1, -0.05) is 18.2 Å². The Balaban J connectivity index is 1.99. The van der Waals surface area contributed by atoms with Gasteiger partial charge in [0.2, 0.25) is 0 Å². The van der Waals surface area contributed by atoms with Crippen molar-refractivity contribution in [2.45, 2.75) is 6.54 Å². The number of nitrogens with zero attached hydrogens (tertiary/aromatic N) is 3. The van der Waals surface area contributed by atoms with Crippen LogP contribution >= 0.6 is 11.6 Å². The molecule has 6 nitrogen and oxygen atoms in total. The van der Waals surface area contributed by atoms with Gasteiger partial charge in [0.15, 0.2) is 5.82 Å². The number of benzene rings is 1. The SMILES string of the molecule is C=CNCc1cc2cc(Cl)c(-c3cnc(N(C)N)cn3)cc2[nH]1. The molecule has 0 amide bonds. The number of fused-ring (bicyclic) bond motifs is 1. The van der Waals surface area contributed by atoms with Gasteiger partial charge in [-0.25, -0.2) is 10.8 Å². The monoisotopic (exact) mass is 328 g/mol. The fourth-order valence-electron chi connectivity index (χ4n) is 2.33. The van der Waals surface area contributed by atoms with Crippen LogP contribution in [0.5, 0.6) is 0 Å². The molecule has 2 heterocycles. The number of anilines is 1. The number of rotatable bonds is 5. The zero-order valence-electron chi connectivity index (χ0n) is 12.7. The Kier molecular flexibility index (Phi) is 4.18. The van der Waals surface area contributed by atoms with E-state index in [1.54, 1.807) is 25.6 Å². The maximum atomic E-state index is 6.41. The Bertz CT molecular complexity index is 838. The van der Waals surface area contributed by atoms with Crippen molar-refractivity contribution in [2.24, 2.45) is 5.84 Å². The smallest absolute Gasteiger partial charge is 0.160 e. The van der Waals surface area contributed by atoms with Crippen LogP contribution < -0.4 is 16.2 Å². The second kappa shape index (κ2) is 6.28. The molecule has 0 spiro atoms. The largest absolute Gasteiger partial charge is 0.386 e. The van der Waals surface area contributed by atoms with Gasteiger partial charge in [-0.15, -0.1) is 0 Å². The third kappa shape index (κ3) is 3.13. The average molecular weight is 329 g/mol. The molecule has 0 aliphatic carbocycles. The molecule has 4 N–H and O–H groups in total. The summed E-state index contributed by atoms with van der Waals surface area (Å²) in [4.78, 5) is 12.0.